The smallest absolute Gasteiger partial charge is 0.227 e. The van der Waals surface area contributed by atoms with Crippen LogP contribution in [-0.4, -0.2) is 45.2 Å². The monoisotopic (exact) mass is 399 g/mol. The molecule has 0 saturated heterocycles. The molecule has 5 nitrogen and oxygen atoms in total. The Morgan fingerprint density at radius 1 is 1.10 bits per heavy atom. The van der Waals surface area contributed by atoms with Crippen LogP contribution in [0.3, 0.4) is 0 Å². The van der Waals surface area contributed by atoms with Crippen molar-refractivity contribution < 1.29 is 19.0 Å². The zero-order valence-electron chi connectivity index (χ0n) is 18.7. The zero-order valence-corrected chi connectivity index (χ0v) is 18.7. The van der Waals surface area contributed by atoms with E-state index < -0.39 is 0 Å². The lowest BCUT2D eigenvalue weighted by molar-refractivity contribution is -0.133. The molecule has 1 aromatic rings. The summed E-state index contributed by atoms with van der Waals surface area (Å²) in [6, 6.07) is 3.74. The normalized spacial score (nSPS) is 22.4. The molecule has 5 heteroatoms. The van der Waals surface area contributed by atoms with Crippen molar-refractivity contribution in [3.05, 3.63) is 35.4 Å². The van der Waals surface area contributed by atoms with Crippen LogP contribution >= 0.6 is 0 Å². The second-order valence-corrected chi connectivity index (χ2v) is 8.74. The Hall–Kier alpha value is -2.43. The molecule has 1 aliphatic heterocycles. The highest BCUT2D eigenvalue weighted by Crippen LogP contribution is 2.60. The van der Waals surface area contributed by atoms with Crippen LogP contribution < -0.4 is 14.2 Å². The van der Waals surface area contributed by atoms with Crippen LogP contribution in [0.2, 0.25) is 0 Å². The zero-order chi connectivity index (χ0) is 21.3. The summed E-state index contributed by atoms with van der Waals surface area (Å²) in [5.41, 5.74) is 3.40. The van der Waals surface area contributed by atoms with Gasteiger partial charge in [-0.1, -0.05) is 31.6 Å². The van der Waals surface area contributed by atoms with Gasteiger partial charge in [-0.05, 0) is 37.2 Å². The molecule has 1 amide bonds. The molecule has 3 rings (SSSR count). The van der Waals surface area contributed by atoms with Crippen molar-refractivity contribution in [2.45, 2.75) is 34.1 Å². The Balaban J connectivity index is 1.80. The highest BCUT2D eigenvalue weighted by molar-refractivity contribution is 5.85. The molecule has 0 spiro atoms. The van der Waals surface area contributed by atoms with Crippen molar-refractivity contribution in [3.63, 3.8) is 0 Å². The van der Waals surface area contributed by atoms with Crippen LogP contribution in [0.15, 0.2) is 29.9 Å². The number of amides is 1. The van der Waals surface area contributed by atoms with Gasteiger partial charge >= 0.3 is 0 Å². The summed E-state index contributed by atoms with van der Waals surface area (Å²) in [5, 5.41) is 0. The van der Waals surface area contributed by atoms with E-state index in [1.807, 2.05) is 17.0 Å². The number of carbonyl (C=O) groups excluding carboxylic acids is 1. The first-order valence-corrected chi connectivity index (χ1v) is 10.2. The number of ether oxygens (including phenoxy) is 3. The minimum Gasteiger partial charge on any atom is -0.496 e. The number of hydrogen-bond acceptors (Lipinski definition) is 4. The number of methoxy groups -OCH3 is 3. The summed E-state index contributed by atoms with van der Waals surface area (Å²) in [6.07, 6.45) is 5.14. The van der Waals surface area contributed by atoms with E-state index in [9.17, 15) is 4.79 Å². The molecule has 1 fully saturated rings. The first-order chi connectivity index (χ1) is 13.7. The van der Waals surface area contributed by atoms with Gasteiger partial charge in [0.1, 0.15) is 17.2 Å². The lowest BCUT2D eigenvalue weighted by atomic mass is 9.96. The van der Waals surface area contributed by atoms with E-state index in [4.69, 9.17) is 14.2 Å². The molecule has 1 saturated carbocycles. The molecule has 0 aromatic heterocycles. The van der Waals surface area contributed by atoms with Crippen molar-refractivity contribution in [3.8, 4) is 17.2 Å². The van der Waals surface area contributed by atoms with Crippen LogP contribution in [0.1, 0.15) is 39.7 Å². The quantitative estimate of drug-likeness (QED) is 0.658. The number of nitrogens with zero attached hydrogens (tertiary/aromatic N) is 1. The standard InChI is InChI=1S/C24H33NO4/c1-15(2)12-18-22(24(18,3)4)23(26)25-10-8-16(9-11-25)21-19(28-6)13-17(27-5)14-20(21)29-7/h8,12-14,18,22H,9-11H2,1-7H3/t18-,22-/m1/s1. The molecular weight excluding hydrogens is 366 g/mol. The summed E-state index contributed by atoms with van der Waals surface area (Å²) in [7, 11) is 4.92. The number of rotatable bonds is 6. The minimum atomic E-state index is 0.0424. The van der Waals surface area contributed by atoms with Gasteiger partial charge in [-0.25, -0.2) is 0 Å². The number of hydrogen-bond donors (Lipinski definition) is 0. The predicted octanol–water partition coefficient (Wildman–Crippen LogP) is 4.57. The van der Waals surface area contributed by atoms with E-state index >= 15 is 0 Å². The second kappa shape index (κ2) is 8.13. The Morgan fingerprint density at radius 3 is 2.17 bits per heavy atom. The van der Waals surface area contributed by atoms with E-state index in [2.05, 4.69) is 39.8 Å². The fourth-order valence-electron chi connectivity index (χ4n) is 4.43. The van der Waals surface area contributed by atoms with Crippen molar-refractivity contribution in [1.82, 2.24) is 4.90 Å². The van der Waals surface area contributed by atoms with Gasteiger partial charge in [0, 0.05) is 25.2 Å². The Kier molecular flexibility index (Phi) is 5.97. The summed E-state index contributed by atoms with van der Waals surface area (Å²) in [4.78, 5) is 15.1. The molecule has 1 heterocycles. The number of benzene rings is 1. The highest BCUT2D eigenvalue weighted by Gasteiger charge is 2.61. The third kappa shape index (κ3) is 4.00. The molecule has 2 aliphatic rings. The van der Waals surface area contributed by atoms with Gasteiger partial charge in [-0.3, -0.25) is 4.79 Å². The molecular formula is C24H33NO4. The van der Waals surface area contributed by atoms with Gasteiger partial charge < -0.3 is 19.1 Å². The SMILES string of the molecule is COc1cc(OC)c(C2=CCN(C(=O)[C@H]3[C@@H](C=C(C)C)C3(C)C)CC2)c(OC)c1. The first-order valence-electron chi connectivity index (χ1n) is 10.2. The van der Waals surface area contributed by atoms with Crippen molar-refractivity contribution in [2.24, 2.45) is 17.3 Å². The summed E-state index contributed by atoms with van der Waals surface area (Å²) in [6.45, 7) is 9.90. The van der Waals surface area contributed by atoms with Gasteiger partial charge in [-0.15, -0.1) is 0 Å². The third-order valence-electron chi connectivity index (χ3n) is 6.25. The van der Waals surface area contributed by atoms with Crippen LogP contribution in [0.25, 0.3) is 5.57 Å². The van der Waals surface area contributed by atoms with Crippen molar-refractivity contribution in [2.75, 3.05) is 34.4 Å². The topological polar surface area (TPSA) is 48.0 Å². The average Bonchev–Trinajstić information content (AvgIpc) is 3.25. The molecule has 1 aliphatic carbocycles. The van der Waals surface area contributed by atoms with Crippen LogP contribution in [-0.2, 0) is 4.79 Å². The van der Waals surface area contributed by atoms with Gasteiger partial charge in [0.25, 0.3) is 0 Å². The highest BCUT2D eigenvalue weighted by atomic mass is 16.5. The van der Waals surface area contributed by atoms with E-state index in [1.165, 1.54) is 5.57 Å². The molecule has 2 atom stereocenters. The van der Waals surface area contributed by atoms with Crippen LogP contribution in [0, 0.1) is 17.3 Å². The molecule has 0 bridgehead atoms. The van der Waals surface area contributed by atoms with Crippen molar-refractivity contribution >= 4 is 11.5 Å². The molecule has 29 heavy (non-hydrogen) atoms. The van der Waals surface area contributed by atoms with Crippen LogP contribution in [0.5, 0.6) is 17.2 Å². The molecule has 1 aromatic carbocycles. The summed E-state index contributed by atoms with van der Waals surface area (Å²) in [5.74, 6) is 2.82. The lowest BCUT2D eigenvalue weighted by Gasteiger charge is -2.28. The summed E-state index contributed by atoms with van der Waals surface area (Å²) < 4.78 is 16.5. The first kappa shape index (κ1) is 21.3. The van der Waals surface area contributed by atoms with Gasteiger partial charge in [0.2, 0.25) is 5.91 Å². The Bertz CT molecular complexity index is 823. The second-order valence-electron chi connectivity index (χ2n) is 8.74. The average molecular weight is 400 g/mol. The predicted molar refractivity (Wildman–Crippen MR) is 115 cm³/mol. The summed E-state index contributed by atoms with van der Waals surface area (Å²) >= 11 is 0. The molecule has 0 N–H and O–H groups in total. The van der Waals surface area contributed by atoms with Gasteiger partial charge in [-0.2, -0.15) is 0 Å². The molecule has 0 radical (unpaired) electrons. The number of carbonyl (C=O) groups is 1. The Morgan fingerprint density at radius 2 is 1.72 bits per heavy atom. The van der Waals surface area contributed by atoms with Gasteiger partial charge in [0.15, 0.2) is 0 Å². The maximum Gasteiger partial charge on any atom is 0.227 e. The third-order valence-corrected chi connectivity index (χ3v) is 6.25. The van der Waals surface area contributed by atoms with E-state index in [1.54, 1.807) is 21.3 Å². The largest absolute Gasteiger partial charge is 0.496 e. The fourth-order valence-corrected chi connectivity index (χ4v) is 4.43. The Labute approximate surface area is 174 Å². The minimum absolute atomic E-state index is 0.0424. The molecule has 158 valence electrons. The maximum absolute atomic E-state index is 13.1. The van der Waals surface area contributed by atoms with E-state index in [-0.39, 0.29) is 17.2 Å². The van der Waals surface area contributed by atoms with E-state index in [0.29, 0.717) is 24.8 Å². The fraction of sp³-hybridized carbons (Fsp3) is 0.542. The molecule has 0 unspecified atom stereocenters. The maximum atomic E-state index is 13.1. The van der Waals surface area contributed by atoms with E-state index in [0.717, 1.165) is 29.1 Å². The number of allylic oxidation sites excluding steroid dienone is 2. The van der Waals surface area contributed by atoms with Gasteiger partial charge in [0.05, 0.1) is 32.8 Å². The van der Waals surface area contributed by atoms with Crippen LogP contribution in [0.4, 0.5) is 0 Å². The lowest BCUT2D eigenvalue weighted by Crippen LogP contribution is -2.36. The van der Waals surface area contributed by atoms with Crippen molar-refractivity contribution in [1.29, 1.82) is 0 Å².